The van der Waals surface area contributed by atoms with Gasteiger partial charge >= 0.3 is 5.97 Å². The van der Waals surface area contributed by atoms with Gasteiger partial charge in [-0.15, -0.1) is 0 Å². The maximum Gasteiger partial charge on any atom is 0.343 e. The zero-order valence-corrected chi connectivity index (χ0v) is 22.4. The van der Waals surface area contributed by atoms with Crippen molar-refractivity contribution in [1.82, 2.24) is 0 Å². The van der Waals surface area contributed by atoms with Crippen molar-refractivity contribution >= 4 is 5.97 Å². The largest absolute Gasteiger partial charge is 0.497 e. The van der Waals surface area contributed by atoms with Gasteiger partial charge in [0.1, 0.15) is 17.6 Å². The maximum absolute atomic E-state index is 13.1. The van der Waals surface area contributed by atoms with E-state index in [2.05, 4.69) is 31.2 Å². The molecule has 1 aliphatic rings. The van der Waals surface area contributed by atoms with E-state index in [0.717, 1.165) is 28.9 Å². The number of aryl methyl sites for hydroxylation is 1. The second kappa shape index (κ2) is 12.4. The molecule has 3 aromatic carbocycles. The molecule has 3 aromatic rings. The fraction of sp³-hybridized carbons (Fsp3) is 0.406. The fourth-order valence-corrected chi connectivity index (χ4v) is 4.66. The van der Waals surface area contributed by atoms with Crippen LogP contribution in [0.3, 0.4) is 0 Å². The zero-order chi connectivity index (χ0) is 26.3. The number of hydrogen-bond acceptors (Lipinski definition) is 5. The molecule has 0 aliphatic carbocycles. The zero-order valence-electron chi connectivity index (χ0n) is 22.4. The first-order chi connectivity index (χ1) is 17.9. The van der Waals surface area contributed by atoms with E-state index in [0.29, 0.717) is 5.75 Å². The Balaban J connectivity index is 1.37. The molecular formula is C32H38O5. The van der Waals surface area contributed by atoms with Gasteiger partial charge in [-0.2, -0.15) is 0 Å². The number of carbonyl (C=O) groups is 1. The minimum atomic E-state index is -0.903. The van der Waals surface area contributed by atoms with Crippen molar-refractivity contribution in [1.29, 1.82) is 0 Å². The molecule has 2 unspecified atom stereocenters. The maximum atomic E-state index is 13.1. The van der Waals surface area contributed by atoms with Crippen LogP contribution in [0.15, 0.2) is 72.8 Å². The lowest BCUT2D eigenvalue weighted by molar-refractivity contribution is -0.164. The summed E-state index contributed by atoms with van der Waals surface area (Å²) in [4.78, 5) is 13.1. The predicted molar refractivity (Wildman–Crippen MR) is 146 cm³/mol. The third kappa shape index (κ3) is 7.21. The molecule has 0 aromatic heterocycles. The fourth-order valence-electron chi connectivity index (χ4n) is 4.66. The second-order valence-electron chi connectivity index (χ2n) is 10.1. The lowest BCUT2D eigenvalue weighted by Gasteiger charge is -2.17. The molecule has 37 heavy (non-hydrogen) atoms. The molecule has 0 saturated carbocycles. The van der Waals surface area contributed by atoms with E-state index in [1.54, 1.807) is 21.0 Å². The Morgan fingerprint density at radius 3 is 2.00 bits per heavy atom. The first-order valence-electron chi connectivity index (χ1n) is 13.3. The lowest BCUT2D eigenvalue weighted by atomic mass is 10.0. The van der Waals surface area contributed by atoms with Gasteiger partial charge in [0.15, 0.2) is 11.9 Å². The van der Waals surface area contributed by atoms with Gasteiger partial charge in [-0.25, -0.2) is 4.79 Å². The van der Waals surface area contributed by atoms with Crippen molar-refractivity contribution in [2.45, 2.75) is 77.3 Å². The highest BCUT2D eigenvalue weighted by Crippen LogP contribution is 2.39. The van der Waals surface area contributed by atoms with Crippen LogP contribution >= 0.6 is 0 Å². The van der Waals surface area contributed by atoms with Crippen LogP contribution in [0.4, 0.5) is 0 Å². The Morgan fingerprint density at radius 1 is 0.784 bits per heavy atom. The average Bonchev–Trinajstić information content (AvgIpc) is 3.25. The summed E-state index contributed by atoms with van der Waals surface area (Å²) in [6.07, 6.45) is 6.14. The van der Waals surface area contributed by atoms with Gasteiger partial charge in [0, 0.05) is 0 Å². The third-order valence-electron chi connectivity index (χ3n) is 6.70. The lowest BCUT2D eigenvalue weighted by Crippen LogP contribution is -2.31. The topological polar surface area (TPSA) is 54.0 Å². The summed E-state index contributed by atoms with van der Waals surface area (Å²) in [6, 6.07) is 23.7. The first-order valence-corrected chi connectivity index (χ1v) is 13.3. The highest BCUT2D eigenvalue weighted by molar-refractivity contribution is 5.79. The van der Waals surface area contributed by atoms with E-state index in [4.69, 9.17) is 18.9 Å². The molecule has 1 fully saturated rings. The standard InChI is InChI=1S/C32H38O5/c1-5-6-7-8-9-10-23-11-13-24(14-12-23)25-15-21-28(22-16-25)35-31(33)30-29(36-32(2,3)37-30)26-17-19-27(34-4)20-18-26/h11-22,29-30H,5-10H2,1-4H3. The summed E-state index contributed by atoms with van der Waals surface area (Å²) < 4.78 is 22.9. The van der Waals surface area contributed by atoms with Gasteiger partial charge in [0.2, 0.25) is 0 Å². The molecule has 4 rings (SSSR count). The molecule has 1 aliphatic heterocycles. The van der Waals surface area contributed by atoms with E-state index in [-0.39, 0.29) is 0 Å². The molecule has 0 N–H and O–H groups in total. The number of methoxy groups -OCH3 is 1. The molecular weight excluding hydrogens is 464 g/mol. The number of ether oxygens (including phenoxy) is 4. The Hall–Kier alpha value is -3.15. The number of rotatable bonds is 11. The molecule has 0 spiro atoms. The van der Waals surface area contributed by atoms with Gasteiger partial charge in [0.25, 0.3) is 0 Å². The molecule has 5 heteroatoms. The molecule has 196 valence electrons. The molecule has 2 atom stereocenters. The number of hydrogen-bond donors (Lipinski definition) is 0. The molecule has 1 heterocycles. The van der Waals surface area contributed by atoms with E-state index >= 15 is 0 Å². The highest BCUT2D eigenvalue weighted by Gasteiger charge is 2.47. The van der Waals surface area contributed by atoms with Gasteiger partial charge < -0.3 is 18.9 Å². The molecule has 0 bridgehead atoms. The van der Waals surface area contributed by atoms with Gasteiger partial charge in [0.05, 0.1) is 7.11 Å². The monoisotopic (exact) mass is 502 g/mol. The Kier molecular flexibility index (Phi) is 9.01. The number of carbonyl (C=O) groups excluding carboxylic acids is 1. The van der Waals surface area contributed by atoms with Crippen LogP contribution in [-0.4, -0.2) is 25.0 Å². The van der Waals surface area contributed by atoms with Crippen LogP contribution in [0.25, 0.3) is 11.1 Å². The summed E-state index contributed by atoms with van der Waals surface area (Å²) in [5, 5.41) is 0. The molecule has 0 radical (unpaired) electrons. The minimum absolute atomic E-state index is 0.472. The van der Waals surface area contributed by atoms with Gasteiger partial charge in [-0.1, -0.05) is 81.1 Å². The van der Waals surface area contributed by atoms with E-state index < -0.39 is 24.0 Å². The summed E-state index contributed by atoms with van der Waals surface area (Å²) >= 11 is 0. The summed E-state index contributed by atoms with van der Waals surface area (Å²) in [7, 11) is 1.62. The predicted octanol–water partition coefficient (Wildman–Crippen LogP) is 7.67. The van der Waals surface area contributed by atoms with Crippen LogP contribution in [-0.2, 0) is 20.7 Å². The van der Waals surface area contributed by atoms with Crippen LogP contribution in [0.1, 0.15) is 70.1 Å². The van der Waals surface area contributed by atoms with E-state index in [9.17, 15) is 4.79 Å². The average molecular weight is 503 g/mol. The van der Waals surface area contributed by atoms with E-state index in [1.807, 2.05) is 48.5 Å². The number of esters is 1. The Labute approximate surface area is 220 Å². The second-order valence-corrected chi connectivity index (χ2v) is 10.1. The van der Waals surface area contributed by atoms with Gasteiger partial charge in [-0.3, -0.25) is 0 Å². The van der Waals surface area contributed by atoms with Crippen LogP contribution in [0.5, 0.6) is 11.5 Å². The van der Waals surface area contributed by atoms with Crippen molar-refractivity contribution < 1.29 is 23.7 Å². The summed E-state index contributed by atoms with van der Waals surface area (Å²) in [6.45, 7) is 5.83. The van der Waals surface area contributed by atoms with Gasteiger partial charge in [-0.05, 0) is 73.2 Å². The smallest absolute Gasteiger partial charge is 0.343 e. The quantitative estimate of drug-likeness (QED) is 0.153. The van der Waals surface area contributed by atoms with Crippen molar-refractivity contribution in [3.63, 3.8) is 0 Å². The SMILES string of the molecule is CCCCCCCc1ccc(-c2ccc(OC(=O)C3OC(C)(C)OC3c3ccc(OC)cc3)cc2)cc1. The number of benzene rings is 3. The summed E-state index contributed by atoms with van der Waals surface area (Å²) in [5.41, 5.74) is 4.42. The third-order valence-corrected chi connectivity index (χ3v) is 6.70. The van der Waals surface area contributed by atoms with Crippen LogP contribution < -0.4 is 9.47 Å². The van der Waals surface area contributed by atoms with Crippen molar-refractivity contribution in [3.05, 3.63) is 83.9 Å². The van der Waals surface area contributed by atoms with E-state index in [1.165, 1.54) is 37.7 Å². The summed E-state index contributed by atoms with van der Waals surface area (Å²) in [5.74, 6) is -0.181. The van der Waals surface area contributed by atoms with Crippen LogP contribution in [0, 0.1) is 0 Å². The molecule has 5 nitrogen and oxygen atoms in total. The molecule has 1 saturated heterocycles. The highest BCUT2D eigenvalue weighted by atomic mass is 16.8. The number of unbranched alkanes of at least 4 members (excludes halogenated alkanes) is 4. The Bertz CT molecular complexity index is 1130. The van der Waals surface area contributed by atoms with Crippen molar-refractivity contribution in [2.24, 2.45) is 0 Å². The van der Waals surface area contributed by atoms with Crippen molar-refractivity contribution in [3.8, 4) is 22.6 Å². The normalized spacial score (nSPS) is 18.5. The molecule has 0 amide bonds. The Morgan fingerprint density at radius 2 is 1.38 bits per heavy atom. The van der Waals surface area contributed by atoms with Crippen LogP contribution in [0.2, 0.25) is 0 Å². The van der Waals surface area contributed by atoms with Crippen molar-refractivity contribution in [2.75, 3.05) is 7.11 Å². The first kappa shape index (κ1) is 26.9. The minimum Gasteiger partial charge on any atom is -0.497 e.